The van der Waals surface area contributed by atoms with Crippen molar-refractivity contribution < 1.29 is 4.79 Å². The SMILES string of the molecule is N[C@@H](Cc1ccc(-c2ccccn2)cc1)C(=O)N1CCSC1. The molecule has 0 aliphatic carbocycles. The van der Waals surface area contributed by atoms with Gasteiger partial charge >= 0.3 is 0 Å². The van der Waals surface area contributed by atoms with Crippen molar-refractivity contribution in [2.75, 3.05) is 18.2 Å². The lowest BCUT2D eigenvalue weighted by Crippen LogP contribution is -2.43. The van der Waals surface area contributed by atoms with Crippen LogP contribution in [-0.2, 0) is 11.2 Å². The van der Waals surface area contributed by atoms with Crippen LogP contribution >= 0.6 is 11.8 Å². The Labute approximate surface area is 134 Å². The Kier molecular flexibility index (Phi) is 4.75. The van der Waals surface area contributed by atoms with E-state index in [4.69, 9.17) is 5.73 Å². The molecule has 2 heterocycles. The molecule has 1 atom stereocenters. The van der Waals surface area contributed by atoms with E-state index in [1.54, 1.807) is 18.0 Å². The molecule has 0 spiro atoms. The first-order valence-corrected chi connectivity index (χ1v) is 8.52. The molecule has 1 aliphatic heterocycles. The smallest absolute Gasteiger partial charge is 0.240 e. The van der Waals surface area contributed by atoms with E-state index in [9.17, 15) is 4.79 Å². The normalized spacial score (nSPS) is 15.8. The molecule has 0 unspecified atom stereocenters. The Morgan fingerprint density at radius 3 is 2.73 bits per heavy atom. The van der Waals surface area contributed by atoms with E-state index < -0.39 is 6.04 Å². The lowest BCUT2D eigenvalue weighted by Gasteiger charge is -2.19. The lowest BCUT2D eigenvalue weighted by molar-refractivity contribution is -0.131. The molecule has 114 valence electrons. The lowest BCUT2D eigenvalue weighted by atomic mass is 10.0. The highest BCUT2D eigenvalue weighted by Gasteiger charge is 2.23. The number of rotatable bonds is 4. The molecule has 22 heavy (non-hydrogen) atoms. The van der Waals surface area contributed by atoms with Crippen LogP contribution in [0.4, 0.5) is 0 Å². The first kappa shape index (κ1) is 15.1. The highest BCUT2D eigenvalue weighted by atomic mass is 32.2. The van der Waals surface area contributed by atoms with Crippen LogP contribution in [-0.4, -0.2) is 40.0 Å². The Hall–Kier alpha value is -1.85. The van der Waals surface area contributed by atoms with Gasteiger partial charge in [0.05, 0.1) is 17.6 Å². The maximum absolute atomic E-state index is 12.2. The molecule has 2 aromatic rings. The molecule has 4 nitrogen and oxygen atoms in total. The van der Waals surface area contributed by atoms with Crippen molar-refractivity contribution in [3.8, 4) is 11.3 Å². The van der Waals surface area contributed by atoms with Crippen molar-refractivity contribution in [3.63, 3.8) is 0 Å². The molecule has 1 fully saturated rings. The quantitative estimate of drug-likeness (QED) is 0.939. The monoisotopic (exact) mass is 313 g/mol. The molecular weight excluding hydrogens is 294 g/mol. The van der Waals surface area contributed by atoms with Crippen molar-refractivity contribution in [1.29, 1.82) is 0 Å². The fraction of sp³-hybridized carbons (Fsp3) is 0.294. The van der Waals surface area contributed by atoms with Crippen molar-refractivity contribution in [2.45, 2.75) is 12.5 Å². The largest absolute Gasteiger partial charge is 0.331 e. The molecule has 2 N–H and O–H groups in total. The zero-order chi connectivity index (χ0) is 15.4. The number of benzene rings is 1. The predicted octanol–water partition coefficient (Wildman–Crippen LogP) is 2.15. The molecule has 1 aromatic heterocycles. The molecule has 1 saturated heterocycles. The number of hydrogen-bond donors (Lipinski definition) is 1. The maximum atomic E-state index is 12.2. The number of nitrogens with two attached hydrogens (primary N) is 1. The third-order valence-corrected chi connectivity index (χ3v) is 4.72. The Balaban J connectivity index is 1.64. The molecule has 1 aliphatic rings. The summed E-state index contributed by atoms with van der Waals surface area (Å²) in [6.45, 7) is 0.815. The van der Waals surface area contributed by atoms with Gasteiger partial charge in [0.25, 0.3) is 0 Å². The van der Waals surface area contributed by atoms with Crippen LogP contribution in [0.5, 0.6) is 0 Å². The van der Waals surface area contributed by atoms with Crippen LogP contribution in [0.15, 0.2) is 48.7 Å². The summed E-state index contributed by atoms with van der Waals surface area (Å²) in [5, 5.41) is 0. The molecule has 0 bridgehead atoms. The maximum Gasteiger partial charge on any atom is 0.240 e. The van der Waals surface area contributed by atoms with Gasteiger partial charge in [-0.05, 0) is 24.1 Å². The number of carbonyl (C=O) groups excluding carboxylic acids is 1. The van der Waals surface area contributed by atoms with Gasteiger partial charge in [0.15, 0.2) is 0 Å². The molecule has 0 saturated carbocycles. The minimum atomic E-state index is -0.459. The van der Waals surface area contributed by atoms with Crippen LogP contribution in [0.3, 0.4) is 0 Å². The number of thioether (sulfide) groups is 1. The summed E-state index contributed by atoms with van der Waals surface area (Å²) in [6.07, 6.45) is 2.36. The highest BCUT2D eigenvalue weighted by Crippen LogP contribution is 2.18. The second-order valence-electron chi connectivity index (χ2n) is 5.36. The summed E-state index contributed by atoms with van der Waals surface area (Å²) in [6, 6.07) is 13.5. The molecule has 5 heteroatoms. The van der Waals surface area contributed by atoms with Crippen LogP contribution in [0.2, 0.25) is 0 Å². The average Bonchev–Trinajstić information content (AvgIpc) is 3.10. The molecule has 0 radical (unpaired) electrons. The number of nitrogens with zero attached hydrogens (tertiary/aromatic N) is 2. The van der Waals surface area contributed by atoms with Crippen LogP contribution in [0.25, 0.3) is 11.3 Å². The summed E-state index contributed by atoms with van der Waals surface area (Å²) in [4.78, 5) is 18.4. The van der Waals surface area contributed by atoms with E-state index in [-0.39, 0.29) is 5.91 Å². The van der Waals surface area contributed by atoms with Crippen molar-refractivity contribution in [2.24, 2.45) is 5.73 Å². The highest BCUT2D eigenvalue weighted by molar-refractivity contribution is 7.99. The minimum absolute atomic E-state index is 0.0544. The first-order valence-electron chi connectivity index (χ1n) is 7.36. The number of aromatic nitrogens is 1. The molecule has 3 rings (SSSR count). The van der Waals surface area contributed by atoms with E-state index >= 15 is 0 Å². The van der Waals surface area contributed by atoms with Gasteiger partial charge in [-0.3, -0.25) is 9.78 Å². The number of pyridine rings is 1. The van der Waals surface area contributed by atoms with Crippen molar-refractivity contribution in [1.82, 2.24) is 9.88 Å². The zero-order valence-electron chi connectivity index (χ0n) is 12.3. The van der Waals surface area contributed by atoms with E-state index in [0.29, 0.717) is 6.42 Å². The Bertz CT molecular complexity index is 624. The Morgan fingerprint density at radius 1 is 1.27 bits per heavy atom. The van der Waals surface area contributed by atoms with Gasteiger partial charge < -0.3 is 10.6 Å². The summed E-state index contributed by atoms with van der Waals surface area (Å²) in [5.74, 6) is 1.83. The zero-order valence-corrected chi connectivity index (χ0v) is 13.1. The number of amides is 1. The molecular formula is C17H19N3OS. The fourth-order valence-electron chi connectivity index (χ4n) is 2.51. The van der Waals surface area contributed by atoms with E-state index in [1.165, 1.54) is 0 Å². The third-order valence-electron chi connectivity index (χ3n) is 3.75. The predicted molar refractivity (Wildman–Crippen MR) is 90.4 cm³/mol. The van der Waals surface area contributed by atoms with Crippen LogP contribution in [0, 0.1) is 0 Å². The van der Waals surface area contributed by atoms with Crippen molar-refractivity contribution in [3.05, 3.63) is 54.2 Å². The van der Waals surface area contributed by atoms with Gasteiger partial charge in [-0.1, -0.05) is 30.3 Å². The van der Waals surface area contributed by atoms with E-state index in [0.717, 1.165) is 35.0 Å². The summed E-state index contributed by atoms with van der Waals surface area (Å²) in [5.41, 5.74) is 9.16. The Morgan fingerprint density at radius 2 is 2.09 bits per heavy atom. The van der Waals surface area contributed by atoms with Gasteiger partial charge in [-0.25, -0.2) is 0 Å². The number of hydrogen-bond acceptors (Lipinski definition) is 4. The third kappa shape index (κ3) is 3.48. The average molecular weight is 313 g/mol. The van der Waals surface area contributed by atoms with Gasteiger partial charge in [0.2, 0.25) is 5.91 Å². The van der Waals surface area contributed by atoms with Crippen LogP contribution in [0.1, 0.15) is 5.56 Å². The second-order valence-corrected chi connectivity index (χ2v) is 6.44. The first-order chi connectivity index (χ1) is 10.7. The van der Waals surface area contributed by atoms with Gasteiger partial charge in [-0.15, -0.1) is 11.8 Å². The summed E-state index contributed by atoms with van der Waals surface area (Å²) >= 11 is 1.78. The van der Waals surface area contributed by atoms with E-state index in [2.05, 4.69) is 4.98 Å². The van der Waals surface area contributed by atoms with Gasteiger partial charge in [0.1, 0.15) is 0 Å². The second kappa shape index (κ2) is 6.94. The van der Waals surface area contributed by atoms with Crippen LogP contribution < -0.4 is 5.73 Å². The summed E-state index contributed by atoms with van der Waals surface area (Å²) < 4.78 is 0. The standard InChI is InChI=1S/C17H19N3OS/c18-15(17(21)20-9-10-22-12-20)11-13-4-6-14(7-5-13)16-3-1-2-8-19-16/h1-8,15H,9-12,18H2/t15-/m0/s1. The minimum Gasteiger partial charge on any atom is -0.331 e. The molecule has 1 aromatic carbocycles. The van der Waals surface area contributed by atoms with E-state index in [1.807, 2.05) is 47.4 Å². The summed E-state index contributed by atoms with van der Waals surface area (Å²) in [7, 11) is 0. The van der Waals surface area contributed by atoms with Crippen molar-refractivity contribution >= 4 is 17.7 Å². The molecule has 1 amide bonds. The van der Waals surface area contributed by atoms with Gasteiger partial charge in [-0.2, -0.15) is 0 Å². The topological polar surface area (TPSA) is 59.2 Å². The number of carbonyl (C=O) groups is 1. The van der Waals surface area contributed by atoms with Gasteiger partial charge in [0, 0.05) is 24.1 Å². The fourth-order valence-corrected chi connectivity index (χ4v) is 3.46.